The minimum absolute atomic E-state index is 0. The van der Waals surface area contributed by atoms with Gasteiger partial charge in [-0.15, -0.1) is 166 Å². The largest absolute Gasteiger partial charge is 2.00 e. The smallest absolute Gasteiger partial charge is 1.00 e. The van der Waals surface area contributed by atoms with Crippen LogP contribution in [-0.4, -0.2) is 26.7 Å². The van der Waals surface area contributed by atoms with E-state index in [1.807, 2.05) is 0 Å². The summed E-state index contributed by atoms with van der Waals surface area (Å²) in [5.74, 6) is 0. The van der Waals surface area contributed by atoms with Crippen LogP contribution in [0.15, 0.2) is 194 Å². The zero-order valence-electron chi connectivity index (χ0n) is 35.1. The molecule has 0 spiro atoms. The number of hydrogen-bond acceptors (Lipinski definition) is 0. The Bertz CT molecular complexity index is 2530. The summed E-state index contributed by atoms with van der Waals surface area (Å²) in [4.78, 5) is 0. The number of benzene rings is 6. The maximum absolute atomic E-state index is 2.31. The average molecular weight is 928 g/mol. The third-order valence-corrected chi connectivity index (χ3v) is 12.8. The molecule has 0 amide bonds. The van der Waals surface area contributed by atoms with Crippen LogP contribution in [0.3, 0.4) is 0 Å². The molecular weight excluding hydrogens is 877 g/mol. The summed E-state index contributed by atoms with van der Waals surface area (Å²) in [5, 5.41) is 13.9. The molecule has 10 aromatic rings. The summed E-state index contributed by atoms with van der Waals surface area (Å²) in [5.41, 5.74) is 7.89. The molecule has 6 heteroatoms. The predicted molar refractivity (Wildman–Crippen MR) is 255 cm³/mol. The van der Waals surface area contributed by atoms with Crippen LogP contribution >= 0.6 is 15.8 Å². The topological polar surface area (TPSA) is 0 Å². The van der Waals surface area contributed by atoms with Crippen molar-refractivity contribution in [2.75, 3.05) is 26.7 Å². The molecule has 0 aliphatic rings. The second kappa shape index (κ2) is 24.3. The number of rotatable bonds is 4. The number of halogens is 2. The molecule has 0 saturated heterocycles. The quantitative estimate of drug-likeness (QED) is 0.0941. The van der Waals surface area contributed by atoms with Gasteiger partial charge in [0, 0.05) is 0 Å². The van der Waals surface area contributed by atoms with Gasteiger partial charge >= 0.3 is 43.4 Å². The summed E-state index contributed by atoms with van der Waals surface area (Å²) >= 11 is 0. The van der Waals surface area contributed by atoms with E-state index in [0.29, 0.717) is 0 Å². The van der Waals surface area contributed by atoms with E-state index in [-0.39, 0.29) is 84.1 Å². The molecule has 60 heavy (non-hydrogen) atoms. The van der Waals surface area contributed by atoms with Crippen LogP contribution in [0.25, 0.3) is 65.3 Å². The third-order valence-electron chi connectivity index (χ3n) is 10.2. The minimum atomic E-state index is 0. The molecule has 0 aromatic heterocycles. The third kappa shape index (κ3) is 12.8. The van der Waals surface area contributed by atoms with Crippen LogP contribution in [0.2, 0.25) is 0 Å². The zero-order chi connectivity index (χ0) is 39.0. The van der Waals surface area contributed by atoms with Gasteiger partial charge in [-0.1, -0.05) is 110 Å². The van der Waals surface area contributed by atoms with E-state index in [4.69, 9.17) is 0 Å². The first-order valence-electron chi connectivity index (χ1n) is 19.3. The van der Waals surface area contributed by atoms with Crippen molar-refractivity contribution < 1.29 is 68.2 Å². The second-order valence-corrected chi connectivity index (χ2v) is 19.5. The van der Waals surface area contributed by atoms with Crippen molar-refractivity contribution in [2.45, 2.75) is 13.8 Å². The van der Waals surface area contributed by atoms with Crippen molar-refractivity contribution in [3.05, 3.63) is 205 Å². The molecule has 0 N–H and O–H groups in total. The van der Waals surface area contributed by atoms with Gasteiger partial charge < -0.3 is 24.8 Å². The molecule has 10 rings (SSSR count). The fraction of sp³-hybridized carbons (Fsp3) is 0.111. The Morgan fingerprint density at radius 1 is 0.350 bits per heavy atom. The Hall–Kier alpha value is -3.37. The molecule has 0 aliphatic heterocycles. The van der Waals surface area contributed by atoms with Crippen molar-refractivity contribution in [1.29, 1.82) is 0 Å². The Kier molecular flexibility index (Phi) is 20.7. The van der Waals surface area contributed by atoms with Gasteiger partial charge in [-0.05, 0) is 37.8 Å². The fourth-order valence-corrected chi connectivity index (χ4v) is 8.88. The Morgan fingerprint density at radius 2 is 0.683 bits per heavy atom. The number of aryl methyl sites for hydroxylation is 2. The van der Waals surface area contributed by atoms with E-state index in [9.17, 15) is 0 Å². The van der Waals surface area contributed by atoms with Gasteiger partial charge in [0.2, 0.25) is 0 Å². The minimum Gasteiger partial charge on any atom is -1.00 e. The molecule has 0 fully saturated rings. The summed E-state index contributed by atoms with van der Waals surface area (Å²) in [6, 6.07) is 69.4. The molecular formula is C54H50Cl2P2Ti2-2. The summed E-state index contributed by atoms with van der Waals surface area (Å²) in [6.07, 6.45) is 0. The van der Waals surface area contributed by atoms with Gasteiger partial charge in [-0.3, -0.25) is 0 Å². The second-order valence-electron chi connectivity index (χ2n) is 14.9. The van der Waals surface area contributed by atoms with E-state index >= 15 is 0 Å². The molecule has 10 aromatic carbocycles. The van der Waals surface area contributed by atoms with Crippen LogP contribution in [0.5, 0.6) is 0 Å². The molecule has 0 heterocycles. The van der Waals surface area contributed by atoms with Crippen molar-refractivity contribution in [2.24, 2.45) is 0 Å². The summed E-state index contributed by atoms with van der Waals surface area (Å²) < 4.78 is 0. The Morgan fingerprint density at radius 3 is 1.03 bits per heavy atom. The van der Waals surface area contributed by atoms with E-state index in [1.165, 1.54) is 87.1 Å². The first-order valence-corrected chi connectivity index (χ1v) is 23.8. The molecule has 0 bridgehead atoms. The van der Waals surface area contributed by atoms with Gasteiger partial charge in [-0.25, -0.2) is 0 Å². The summed E-state index contributed by atoms with van der Waals surface area (Å²) in [6.45, 7) is 13.5. The Labute approximate surface area is 402 Å². The fourth-order valence-electron chi connectivity index (χ4n) is 7.29. The van der Waals surface area contributed by atoms with Gasteiger partial charge in [-0.2, -0.15) is 24.3 Å². The van der Waals surface area contributed by atoms with E-state index in [2.05, 4.69) is 235 Å². The standard InChI is InChI=1S/2C16H13.2C11H12P.2ClH.2Ti/c2*1-12-10-14-8-5-9-15(16(14)11-12)13-6-3-2-4-7-13;2*1-12(2)11-7-9-5-3-4-6-10(9)8-11;;;;/h2*2-11H,1H3;2*3-8H,1-2H3;2*1H;;/q4*-1;;;2*+2/p-2. The van der Waals surface area contributed by atoms with Gasteiger partial charge in [0.05, 0.1) is 0 Å². The van der Waals surface area contributed by atoms with Crippen LogP contribution in [-0.2, 0) is 43.4 Å². The SMILES string of the molecule is CP(C)c1cc2ccccc2[cH-]1.CP(C)c1cc2ccccc2[cH-]1.Cc1cc2c(-c3ccccc3)cccc2[cH-]1.Cc1cc2c(-c3ccccc3)cccc2[cH-]1.[Cl-].[Cl-].[Ti+2].[Ti+2]. The van der Waals surface area contributed by atoms with Crippen LogP contribution in [0.4, 0.5) is 0 Å². The maximum atomic E-state index is 2.31. The van der Waals surface area contributed by atoms with Crippen molar-refractivity contribution in [1.82, 2.24) is 0 Å². The van der Waals surface area contributed by atoms with Crippen molar-refractivity contribution >= 4 is 69.5 Å². The Balaban J connectivity index is 0.000000211. The van der Waals surface area contributed by atoms with Gasteiger partial charge in [0.25, 0.3) is 0 Å². The van der Waals surface area contributed by atoms with E-state index in [0.717, 1.165) is 0 Å². The molecule has 0 unspecified atom stereocenters. The van der Waals surface area contributed by atoms with Crippen LogP contribution in [0, 0.1) is 13.8 Å². The van der Waals surface area contributed by atoms with Crippen molar-refractivity contribution in [3.8, 4) is 22.3 Å². The van der Waals surface area contributed by atoms with E-state index in [1.54, 1.807) is 0 Å². The van der Waals surface area contributed by atoms with Gasteiger partial charge in [0.1, 0.15) is 0 Å². The van der Waals surface area contributed by atoms with Crippen molar-refractivity contribution in [3.63, 3.8) is 0 Å². The monoisotopic (exact) mass is 926 g/mol. The van der Waals surface area contributed by atoms with Crippen LogP contribution in [0.1, 0.15) is 11.1 Å². The molecule has 300 valence electrons. The maximum Gasteiger partial charge on any atom is 2.00 e. The molecule has 0 aliphatic carbocycles. The number of hydrogen-bond donors (Lipinski definition) is 0. The molecule has 0 radical (unpaired) electrons. The predicted octanol–water partition coefficient (Wildman–Crippen LogP) is 8.92. The zero-order valence-corrected chi connectivity index (χ0v) is 41.5. The molecule has 0 nitrogen and oxygen atoms in total. The average Bonchev–Trinajstić information content (AvgIpc) is 4.02. The van der Waals surface area contributed by atoms with E-state index < -0.39 is 0 Å². The molecule has 0 saturated carbocycles. The number of fused-ring (bicyclic) bond motifs is 4. The molecule has 0 atom stereocenters. The summed E-state index contributed by atoms with van der Waals surface area (Å²) in [7, 11) is 0.115. The first kappa shape index (κ1) is 51.0. The normalized spacial score (nSPS) is 10.3. The first-order chi connectivity index (χ1) is 27.2. The van der Waals surface area contributed by atoms with Crippen LogP contribution < -0.4 is 35.4 Å². The van der Waals surface area contributed by atoms with Gasteiger partial charge in [0.15, 0.2) is 0 Å².